The van der Waals surface area contributed by atoms with E-state index in [0.717, 1.165) is 37.6 Å². The second-order valence-corrected chi connectivity index (χ2v) is 8.43. The van der Waals surface area contributed by atoms with E-state index in [9.17, 15) is 9.18 Å². The fourth-order valence-electron chi connectivity index (χ4n) is 5.42. The third kappa shape index (κ3) is 3.10. The van der Waals surface area contributed by atoms with Crippen LogP contribution in [0.15, 0.2) is 30.5 Å². The molecule has 1 aromatic heterocycles. The van der Waals surface area contributed by atoms with Crippen LogP contribution in [0.5, 0.6) is 5.75 Å². The number of methoxy groups -OCH3 is 1. The van der Waals surface area contributed by atoms with Crippen molar-refractivity contribution in [1.29, 1.82) is 0 Å². The lowest BCUT2D eigenvalue weighted by atomic mass is 9.73. The van der Waals surface area contributed by atoms with Gasteiger partial charge in [0.2, 0.25) is 0 Å². The van der Waals surface area contributed by atoms with Crippen LogP contribution in [0.2, 0.25) is 0 Å². The molecule has 1 amide bonds. The quantitative estimate of drug-likeness (QED) is 0.813. The molecule has 1 aromatic carbocycles. The summed E-state index contributed by atoms with van der Waals surface area (Å²) in [6, 6.07) is 5.89. The van der Waals surface area contributed by atoms with Gasteiger partial charge in [-0.25, -0.2) is 14.4 Å². The van der Waals surface area contributed by atoms with Gasteiger partial charge in [-0.3, -0.25) is 4.79 Å². The molecule has 3 aliphatic heterocycles. The van der Waals surface area contributed by atoms with E-state index in [1.165, 1.54) is 25.3 Å². The summed E-state index contributed by atoms with van der Waals surface area (Å²) in [5.74, 6) is 1.80. The largest absolute Gasteiger partial charge is 0.496 e. The summed E-state index contributed by atoms with van der Waals surface area (Å²) in [7, 11) is 1.43. The standard InChI is InChI=1S/C22H25FN4O3/c1-13-24-8-6-20(26-13)27-11-17-16(18-5-7-22(17,12-27)30-18)10-25-21(28)15-4-3-14(23)9-19(15)29-2/h3-4,6,8-9,16-18H,5,7,10-12H2,1-2H3,(H,25,28)/t16-,17+,18+,22+/m0/s1. The van der Waals surface area contributed by atoms with E-state index in [-0.39, 0.29) is 29.3 Å². The minimum atomic E-state index is -0.433. The molecule has 3 aliphatic rings. The number of carbonyl (C=O) groups is 1. The number of carbonyl (C=O) groups excluding carboxylic acids is 1. The first-order chi connectivity index (χ1) is 14.5. The number of ether oxygens (including phenoxy) is 2. The Morgan fingerprint density at radius 2 is 2.30 bits per heavy atom. The van der Waals surface area contributed by atoms with Gasteiger partial charge < -0.3 is 19.7 Å². The predicted molar refractivity (Wildman–Crippen MR) is 108 cm³/mol. The minimum Gasteiger partial charge on any atom is -0.496 e. The summed E-state index contributed by atoms with van der Waals surface area (Å²) in [4.78, 5) is 23.8. The van der Waals surface area contributed by atoms with Gasteiger partial charge in [0.15, 0.2) is 0 Å². The second kappa shape index (κ2) is 7.19. The Morgan fingerprint density at radius 3 is 3.10 bits per heavy atom. The van der Waals surface area contributed by atoms with Crippen molar-refractivity contribution in [1.82, 2.24) is 15.3 Å². The molecule has 3 saturated heterocycles. The van der Waals surface area contributed by atoms with Gasteiger partial charge in [0.1, 0.15) is 23.2 Å². The number of rotatable bonds is 5. The zero-order valence-corrected chi connectivity index (χ0v) is 17.1. The van der Waals surface area contributed by atoms with Crippen LogP contribution in [0.1, 0.15) is 29.0 Å². The Morgan fingerprint density at radius 1 is 1.43 bits per heavy atom. The number of hydrogen-bond acceptors (Lipinski definition) is 6. The van der Waals surface area contributed by atoms with Gasteiger partial charge in [-0.05, 0) is 38.0 Å². The molecule has 30 heavy (non-hydrogen) atoms. The Kier molecular flexibility index (Phi) is 4.61. The highest BCUT2D eigenvalue weighted by molar-refractivity contribution is 5.96. The van der Waals surface area contributed by atoms with Gasteiger partial charge in [0.05, 0.1) is 24.4 Å². The van der Waals surface area contributed by atoms with Crippen molar-refractivity contribution >= 4 is 11.7 Å². The van der Waals surface area contributed by atoms with Gasteiger partial charge in [0.25, 0.3) is 5.91 Å². The molecule has 2 aromatic rings. The average molecular weight is 412 g/mol. The van der Waals surface area contributed by atoms with Crippen molar-refractivity contribution in [3.8, 4) is 5.75 Å². The first kappa shape index (κ1) is 19.2. The molecule has 2 bridgehead atoms. The van der Waals surface area contributed by atoms with Gasteiger partial charge in [-0.15, -0.1) is 0 Å². The molecule has 5 rings (SSSR count). The van der Waals surface area contributed by atoms with Gasteiger partial charge in [-0.1, -0.05) is 0 Å². The first-order valence-electron chi connectivity index (χ1n) is 10.3. The van der Waals surface area contributed by atoms with Crippen molar-refractivity contribution in [2.45, 2.75) is 31.5 Å². The zero-order valence-electron chi connectivity index (χ0n) is 17.1. The number of fused-ring (bicyclic) bond motifs is 1. The smallest absolute Gasteiger partial charge is 0.255 e. The maximum absolute atomic E-state index is 13.4. The van der Waals surface area contributed by atoms with E-state index >= 15 is 0 Å². The minimum absolute atomic E-state index is 0.160. The summed E-state index contributed by atoms with van der Waals surface area (Å²) >= 11 is 0. The molecule has 4 atom stereocenters. The Hall–Kier alpha value is -2.74. The molecule has 1 spiro atoms. The maximum Gasteiger partial charge on any atom is 0.255 e. The normalized spacial score (nSPS) is 29.2. The number of benzene rings is 1. The maximum atomic E-state index is 13.4. The number of aryl methyl sites for hydroxylation is 1. The van der Waals surface area contributed by atoms with Crippen LogP contribution in [-0.2, 0) is 4.74 Å². The highest BCUT2D eigenvalue weighted by Gasteiger charge is 2.63. The summed E-state index contributed by atoms with van der Waals surface area (Å²) in [5, 5.41) is 3.03. The highest BCUT2D eigenvalue weighted by Crippen LogP contribution is 2.55. The fourth-order valence-corrected chi connectivity index (χ4v) is 5.42. The summed E-state index contributed by atoms with van der Waals surface area (Å²) in [6.45, 7) is 4.09. The monoisotopic (exact) mass is 412 g/mol. The number of halogens is 1. The van der Waals surface area contributed by atoms with Crippen LogP contribution in [0.4, 0.5) is 10.2 Å². The number of aromatic nitrogens is 2. The van der Waals surface area contributed by atoms with Crippen molar-refractivity contribution < 1.29 is 18.7 Å². The molecule has 8 heteroatoms. The Balaban J connectivity index is 1.30. The summed E-state index contributed by atoms with van der Waals surface area (Å²) in [5.41, 5.74) is 0.175. The molecule has 0 aliphatic carbocycles. The third-order valence-electron chi connectivity index (χ3n) is 6.78. The Labute approximate surface area is 174 Å². The lowest BCUT2D eigenvalue weighted by Gasteiger charge is -2.29. The molecule has 7 nitrogen and oxygen atoms in total. The summed E-state index contributed by atoms with van der Waals surface area (Å²) in [6.07, 6.45) is 4.00. The van der Waals surface area contributed by atoms with Crippen molar-refractivity contribution in [2.24, 2.45) is 11.8 Å². The molecule has 3 fully saturated rings. The molecule has 0 unspecified atom stereocenters. The molecular formula is C22H25FN4O3. The van der Waals surface area contributed by atoms with Gasteiger partial charge in [0, 0.05) is 43.7 Å². The second-order valence-electron chi connectivity index (χ2n) is 8.43. The fraction of sp³-hybridized carbons (Fsp3) is 0.500. The molecule has 158 valence electrons. The molecule has 0 saturated carbocycles. The summed E-state index contributed by atoms with van der Waals surface area (Å²) < 4.78 is 25.1. The number of nitrogens with zero attached hydrogens (tertiary/aromatic N) is 3. The lowest BCUT2D eigenvalue weighted by Crippen LogP contribution is -2.42. The van der Waals surface area contributed by atoms with Crippen LogP contribution in [0.25, 0.3) is 0 Å². The van der Waals surface area contributed by atoms with Crippen LogP contribution in [0, 0.1) is 24.6 Å². The molecule has 4 heterocycles. The lowest BCUT2D eigenvalue weighted by molar-refractivity contribution is 0.0141. The highest BCUT2D eigenvalue weighted by atomic mass is 19.1. The van der Waals surface area contributed by atoms with Gasteiger partial charge in [-0.2, -0.15) is 0 Å². The molecule has 1 N–H and O–H groups in total. The van der Waals surface area contributed by atoms with Crippen LogP contribution in [-0.4, -0.2) is 54.3 Å². The number of nitrogens with one attached hydrogen (secondary N) is 1. The van der Waals surface area contributed by atoms with Gasteiger partial charge >= 0.3 is 0 Å². The van der Waals surface area contributed by atoms with E-state index in [0.29, 0.717) is 18.0 Å². The third-order valence-corrected chi connectivity index (χ3v) is 6.78. The number of anilines is 1. The molecule has 0 radical (unpaired) electrons. The van der Waals surface area contributed by atoms with Crippen LogP contribution < -0.4 is 15.0 Å². The van der Waals surface area contributed by atoms with Crippen molar-refractivity contribution in [3.63, 3.8) is 0 Å². The number of amides is 1. The van der Waals surface area contributed by atoms with Crippen LogP contribution >= 0.6 is 0 Å². The van der Waals surface area contributed by atoms with Crippen molar-refractivity contribution in [3.05, 3.63) is 47.7 Å². The van der Waals surface area contributed by atoms with E-state index in [2.05, 4.69) is 20.2 Å². The van der Waals surface area contributed by atoms with E-state index in [4.69, 9.17) is 9.47 Å². The predicted octanol–water partition coefficient (Wildman–Crippen LogP) is 2.35. The van der Waals surface area contributed by atoms with E-state index < -0.39 is 5.82 Å². The Bertz CT molecular complexity index is 987. The SMILES string of the molecule is COc1cc(F)ccc1C(=O)NC[C@H]1[C@H]2CN(c3ccnc(C)n3)C[C@]23CC[C@H]1O3. The number of hydrogen-bond donors (Lipinski definition) is 1. The first-order valence-corrected chi connectivity index (χ1v) is 10.3. The van der Waals surface area contributed by atoms with E-state index in [1.54, 1.807) is 6.20 Å². The van der Waals surface area contributed by atoms with Crippen molar-refractivity contribution in [2.75, 3.05) is 31.6 Å². The van der Waals surface area contributed by atoms with Crippen LogP contribution in [0.3, 0.4) is 0 Å². The van der Waals surface area contributed by atoms with E-state index in [1.807, 2.05) is 13.0 Å². The average Bonchev–Trinajstić information content (AvgIpc) is 3.40. The molecular weight excluding hydrogens is 387 g/mol. The zero-order chi connectivity index (χ0) is 20.9. The topological polar surface area (TPSA) is 76.6 Å².